The first-order valence-corrected chi connectivity index (χ1v) is 4.39. The Morgan fingerprint density at radius 2 is 1.67 bits per heavy atom. The van der Waals surface area contributed by atoms with Crippen LogP contribution in [-0.2, 0) is 0 Å². The molecule has 0 aromatic rings. The molecule has 0 bridgehead atoms. The third-order valence-corrected chi connectivity index (χ3v) is 2.29. The first-order valence-electron chi connectivity index (χ1n) is 4.39. The number of nitrogens with zero attached hydrogens (tertiary/aromatic N) is 2. The number of rotatable bonds is 1. The van der Waals surface area contributed by atoms with Crippen molar-refractivity contribution in [3.8, 4) is 12.1 Å². The van der Waals surface area contributed by atoms with Crippen molar-refractivity contribution in [2.24, 2.45) is 5.92 Å². The highest BCUT2D eigenvalue weighted by Gasteiger charge is 2.11. The Hall–Kier alpha value is -1.28. The Kier molecular flexibility index (Phi) is 3.35. The second-order valence-corrected chi connectivity index (χ2v) is 3.20. The van der Waals surface area contributed by atoms with Crippen molar-refractivity contribution in [1.82, 2.24) is 0 Å². The van der Waals surface area contributed by atoms with Gasteiger partial charge in [-0.25, -0.2) is 0 Å². The highest BCUT2D eigenvalue weighted by molar-refractivity contribution is 5.35. The third kappa shape index (κ3) is 2.40. The minimum Gasteiger partial charge on any atom is -0.192 e. The van der Waals surface area contributed by atoms with Gasteiger partial charge in [0.1, 0.15) is 17.7 Å². The van der Waals surface area contributed by atoms with Crippen molar-refractivity contribution in [2.75, 3.05) is 0 Å². The second-order valence-electron chi connectivity index (χ2n) is 3.20. The molecule has 0 aliphatic heterocycles. The molecular formula is C10H12N2. The average Bonchev–Trinajstić information content (AvgIpc) is 2.16. The van der Waals surface area contributed by atoms with E-state index in [4.69, 9.17) is 10.5 Å². The van der Waals surface area contributed by atoms with Crippen molar-refractivity contribution >= 4 is 0 Å². The molecule has 0 unspecified atom stereocenters. The lowest BCUT2D eigenvalue weighted by Gasteiger charge is -2.17. The van der Waals surface area contributed by atoms with Gasteiger partial charge in [-0.1, -0.05) is 25.3 Å². The van der Waals surface area contributed by atoms with Crippen molar-refractivity contribution in [3.63, 3.8) is 0 Å². The summed E-state index contributed by atoms with van der Waals surface area (Å²) in [4.78, 5) is 0. The molecular weight excluding hydrogens is 148 g/mol. The number of nitriles is 2. The van der Waals surface area contributed by atoms with Crippen molar-refractivity contribution < 1.29 is 0 Å². The zero-order valence-corrected chi connectivity index (χ0v) is 7.08. The normalized spacial score (nSPS) is 17.5. The first-order chi connectivity index (χ1) is 5.86. The van der Waals surface area contributed by atoms with Gasteiger partial charge in [-0.15, -0.1) is 0 Å². The molecule has 1 aliphatic rings. The van der Waals surface area contributed by atoms with Crippen LogP contribution in [0.3, 0.4) is 0 Å². The SMILES string of the molecule is N#CC(C#N)=CC1CCCCC1. The van der Waals surface area contributed by atoms with E-state index >= 15 is 0 Å². The Labute approximate surface area is 73.1 Å². The van der Waals surface area contributed by atoms with Crippen LogP contribution in [0.2, 0.25) is 0 Å². The van der Waals surface area contributed by atoms with E-state index in [1.807, 2.05) is 18.2 Å². The summed E-state index contributed by atoms with van der Waals surface area (Å²) in [5.74, 6) is 0.480. The molecule has 0 heterocycles. The fourth-order valence-electron chi connectivity index (χ4n) is 1.64. The Morgan fingerprint density at radius 1 is 1.08 bits per heavy atom. The zero-order valence-electron chi connectivity index (χ0n) is 7.08. The molecule has 0 aromatic heterocycles. The summed E-state index contributed by atoms with van der Waals surface area (Å²) in [5, 5.41) is 17.0. The van der Waals surface area contributed by atoms with E-state index < -0.39 is 0 Å². The summed E-state index contributed by atoms with van der Waals surface area (Å²) in [6, 6.07) is 3.80. The maximum absolute atomic E-state index is 8.52. The summed E-state index contributed by atoms with van der Waals surface area (Å²) < 4.78 is 0. The molecule has 1 saturated carbocycles. The van der Waals surface area contributed by atoms with E-state index in [1.165, 1.54) is 19.3 Å². The maximum atomic E-state index is 8.52. The largest absolute Gasteiger partial charge is 0.192 e. The third-order valence-electron chi connectivity index (χ3n) is 2.29. The molecule has 0 atom stereocenters. The predicted octanol–water partition coefficient (Wildman–Crippen LogP) is 2.54. The van der Waals surface area contributed by atoms with Crippen molar-refractivity contribution in [3.05, 3.63) is 11.6 Å². The van der Waals surface area contributed by atoms with Gasteiger partial charge in [-0.3, -0.25) is 0 Å². The van der Waals surface area contributed by atoms with Crippen LogP contribution in [0, 0.1) is 28.6 Å². The van der Waals surface area contributed by atoms with E-state index in [1.54, 1.807) is 0 Å². The number of hydrogen-bond acceptors (Lipinski definition) is 2. The molecule has 0 amide bonds. The molecule has 62 valence electrons. The van der Waals surface area contributed by atoms with Crippen LogP contribution in [0.1, 0.15) is 32.1 Å². The fraction of sp³-hybridized carbons (Fsp3) is 0.600. The molecule has 2 nitrogen and oxygen atoms in total. The summed E-state index contributed by atoms with van der Waals surface area (Å²) in [6.45, 7) is 0. The second kappa shape index (κ2) is 4.57. The van der Waals surface area contributed by atoms with Crippen LogP contribution in [0.15, 0.2) is 11.6 Å². The van der Waals surface area contributed by atoms with E-state index in [-0.39, 0.29) is 5.57 Å². The van der Waals surface area contributed by atoms with Gasteiger partial charge < -0.3 is 0 Å². The molecule has 1 aliphatic carbocycles. The lowest BCUT2D eigenvalue weighted by Crippen LogP contribution is -2.03. The van der Waals surface area contributed by atoms with Crippen LogP contribution in [0.25, 0.3) is 0 Å². The van der Waals surface area contributed by atoms with Gasteiger partial charge in [-0.05, 0) is 18.8 Å². The van der Waals surface area contributed by atoms with Gasteiger partial charge in [0.2, 0.25) is 0 Å². The monoisotopic (exact) mass is 160 g/mol. The Morgan fingerprint density at radius 3 is 2.17 bits per heavy atom. The van der Waals surface area contributed by atoms with Gasteiger partial charge in [0.15, 0.2) is 0 Å². The van der Waals surface area contributed by atoms with Crippen LogP contribution in [0.4, 0.5) is 0 Å². The van der Waals surface area contributed by atoms with Crippen LogP contribution < -0.4 is 0 Å². The highest BCUT2D eigenvalue weighted by Crippen LogP contribution is 2.25. The molecule has 0 spiro atoms. The first kappa shape index (κ1) is 8.81. The van der Waals surface area contributed by atoms with E-state index in [9.17, 15) is 0 Å². The molecule has 0 N–H and O–H groups in total. The van der Waals surface area contributed by atoms with Crippen LogP contribution >= 0.6 is 0 Å². The predicted molar refractivity (Wildman–Crippen MR) is 45.9 cm³/mol. The maximum Gasteiger partial charge on any atom is 0.125 e. The summed E-state index contributed by atoms with van der Waals surface area (Å²) in [5.41, 5.74) is 0.280. The van der Waals surface area contributed by atoms with Crippen molar-refractivity contribution in [1.29, 1.82) is 10.5 Å². The van der Waals surface area contributed by atoms with Crippen LogP contribution in [-0.4, -0.2) is 0 Å². The quantitative estimate of drug-likeness (QED) is 0.553. The molecule has 0 saturated heterocycles. The molecule has 1 fully saturated rings. The lowest BCUT2D eigenvalue weighted by atomic mass is 9.88. The summed E-state index contributed by atoms with van der Waals surface area (Å²) >= 11 is 0. The smallest absolute Gasteiger partial charge is 0.125 e. The fourth-order valence-corrected chi connectivity index (χ4v) is 1.64. The van der Waals surface area contributed by atoms with Gasteiger partial charge in [0, 0.05) is 0 Å². The topological polar surface area (TPSA) is 47.6 Å². The average molecular weight is 160 g/mol. The summed E-state index contributed by atoms with van der Waals surface area (Å²) in [7, 11) is 0. The van der Waals surface area contributed by atoms with Gasteiger partial charge >= 0.3 is 0 Å². The van der Waals surface area contributed by atoms with Crippen LogP contribution in [0.5, 0.6) is 0 Å². The Bertz CT molecular complexity index is 230. The minimum absolute atomic E-state index is 0.280. The number of hydrogen-bond donors (Lipinski definition) is 0. The van der Waals surface area contributed by atoms with E-state index in [0.717, 1.165) is 12.8 Å². The van der Waals surface area contributed by atoms with E-state index in [0.29, 0.717) is 5.92 Å². The lowest BCUT2D eigenvalue weighted by molar-refractivity contribution is 0.419. The Balaban J connectivity index is 2.54. The number of allylic oxidation sites excluding steroid dienone is 2. The molecule has 2 heteroatoms. The van der Waals surface area contributed by atoms with Gasteiger partial charge in [-0.2, -0.15) is 10.5 Å². The minimum atomic E-state index is 0.280. The highest BCUT2D eigenvalue weighted by atomic mass is 14.3. The molecule has 0 aromatic carbocycles. The molecule has 0 radical (unpaired) electrons. The van der Waals surface area contributed by atoms with E-state index in [2.05, 4.69) is 0 Å². The summed E-state index contributed by atoms with van der Waals surface area (Å²) in [6.07, 6.45) is 7.91. The standard InChI is InChI=1S/C10H12N2/c11-7-10(8-12)6-9-4-2-1-3-5-9/h6,9H,1-5H2. The van der Waals surface area contributed by atoms with Gasteiger partial charge in [0.05, 0.1) is 0 Å². The molecule has 12 heavy (non-hydrogen) atoms. The molecule has 1 rings (SSSR count). The van der Waals surface area contributed by atoms with Crippen molar-refractivity contribution in [2.45, 2.75) is 32.1 Å². The zero-order chi connectivity index (χ0) is 8.81. The van der Waals surface area contributed by atoms with Gasteiger partial charge in [0.25, 0.3) is 0 Å².